The molecule has 0 saturated carbocycles. The molecule has 0 aliphatic carbocycles. The highest BCUT2D eigenvalue weighted by Gasteiger charge is 2.19. The van der Waals surface area contributed by atoms with Crippen LogP contribution in [-0.4, -0.2) is 56.1 Å². The second-order valence-electron chi connectivity index (χ2n) is 7.22. The fraction of sp³-hybridized carbons (Fsp3) is 0.650. The Morgan fingerprint density at radius 3 is 2.64 bits per heavy atom. The van der Waals surface area contributed by atoms with Gasteiger partial charge in [0.15, 0.2) is 0 Å². The molecule has 1 aliphatic rings. The van der Waals surface area contributed by atoms with Gasteiger partial charge in [-0.3, -0.25) is 9.69 Å². The van der Waals surface area contributed by atoms with Crippen LogP contribution in [0.25, 0.3) is 0 Å². The lowest BCUT2D eigenvalue weighted by Crippen LogP contribution is -2.48. The highest BCUT2D eigenvalue weighted by Crippen LogP contribution is 2.17. The Kier molecular flexibility index (Phi) is 7.72. The van der Waals surface area contributed by atoms with Crippen molar-refractivity contribution in [3.05, 3.63) is 29.8 Å². The molecular formula is C20H34N4O. The van der Waals surface area contributed by atoms with Gasteiger partial charge >= 0.3 is 0 Å². The topological polar surface area (TPSA) is 61.6 Å². The van der Waals surface area contributed by atoms with Crippen LogP contribution in [0.5, 0.6) is 0 Å². The van der Waals surface area contributed by atoms with Gasteiger partial charge in [0, 0.05) is 38.4 Å². The van der Waals surface area contributed by atoms with E-state index in [0.717, 1.165) is 45.6 Å². The van der Waals surface area contributed by atoms with Gasteiger partial charge in [-0.25, -0.2) is 0 Å². The van der Waals surface area contributed by atoms with E-state index < -0.39 is 0 Å². The number of hydrogen-bond donors (Lipinski definition) is 2. The summed E-state index contributed by atoms with van der Waals surface area (Å²) in [5.41, 5.74) is 8.59. The average molecular weight is 347 g/mol. The van der Waals surface area contributed by atoms with Crippen molar-refractivity contribution in [2.75, 3.05) is 44.2 Å². The fourth-order valence-electron chi connectivity index (χ4n) is 3.20. The maximum Gasteiger partial charge on any atom is 0.237 e. The molecule has 5 heteroatoms. The lowest BCUT2D eigenvalue weighted by molar-refractivity contribution is -0.123. The van der Waals surface area contributed by atoms with Gasteiger partial charge in [0.25, 0.3) is 0 Å². The Hall–Kier alpha value is -1.59. The molecule has 3 N–H and O–H groups in total. The van der Waals surface area contributed by atoms with E-state index in [-0.39, 0.29) is 17.9 Å². The van der Waals surface area contributed by atoms with Gasteiger partial charge in [0.1, 0.15) is 0 Å². The maximum absolute atomic E-state index is 12.0. The highest BCUT2D eigenvalue weighted by molar-refractivity contribution is 5.81. The minimum absolute atomic E-state index is 0.0152. The maximum atomic E-state index is 12.0. The number of aryl methyl sites for hydroxylation is 1. The molecular weight excluding hydrogens is 312 g/mol. The monoisotopic (exact) mass is 346 g/mol. The molecule has 1 aliphatic heterocycles. The SMILES string of the molecule is CCC(C)C(N)C(=O)NCCCN1CCN(c2cccc(C)c2)CC1. The number of benzene rings is 1. The van der Waals surface area contributed by atoms with Crippen molar-refractivity contribution in [1.82, 2.24) is 10.2 Å². The summed E-state index contributed by atoms with van der Waals surface area (Å²) >= 11 is 0. The third kappa shape index (κ3) is 6.01. The highest BCUT2D eigenvalue weighted by atomic mass is 16.2. The summed E-state index contributed by atoms with van der Waals surface area (Å²) < 4.78 is 0. The summed E-state index contributed by atoms with van der Waals surface area (Å²) in [7, 11) is 0. The van der Waals surface area contributed by atoms with E-state index in [2.05, 4.69) is 53.2 Å². The standard InChI is InChI=1S/C20H34N4O/c1-4-17(3)19(21)20(25)22-9-6-10-23-11-13-24(14-12-23)18-8-5-7-16(2)15-18/h5,7-8,15,17,19H,4,6,9-14,21H2,1-3H3,(H,22,25). The van der Waals surface area contributed by atoms with Crippen molar-refractivity contribution in [1.29, 1.82) is 0 Å². The molecule has 1 fully saturated rings. The number of piperazine rings is 1. The molecule has 0 radical (unpaired) electrons. The van der Waals surface area contributed by atoms with Crippen LogP contribution < -0.4 is 16.0 Å². The molecule has 5 nitrogen and oxygen atoms in total. The summed E-state index contributed by atoms with van der Waals surface area (Å²) in [6.07, 6.45) is 1.91. The van der Waals surface area contributed by atoms with E-state index in [9.17, 15) is 4.79 Å². The molecule has 1 amide bonds. The molecule has 0 spiro atoms. The van der Waals surface area contributed by atoms with E-state index in [1.807, 2.05) is 6.92 Å². The first-order chi connectivity index (χ1) is 12.0. The third-order valence-corrected chi connectivity index (χ3v) is 5.25. The third-order valence-electron chi connectivity index (χ3n) is 5.25. The van der Waals surface area contributed by atoms with Crippen LogP contribution in [-0.2, 0) is 4.79 Å². The van der Waals surface area contributed by atoms with E-state index in [4.69, 9.17) is 5.73 Å². The van der Waals surface area contributed by atoms with E-state index >= 15 is 0 Å². The molecule has 1 heterocycles. The number of amides is 1. The largest absolute Gasteiger partial charge is 0.369 e. The summed E-state index contributed by atoms with van der Waals surface area (Å²) in [5, 5.41) is 2.98. The number of rotatable bonds is 8. The second-order valence-corrected chi connectivity index (χ2v) is 7.22. The predicted octanol–water partition coefficient (Wildman–Crippen LogP) is 2.00. The van der Waals surface area contributed by atoms with Crippen LogP contribution in [0, 0.1) is 12.8 Å². The Bertz CT molecular complexity index is 540. The van der Waals surface area contributed by atoms with E-state index in [1.54, 1.807) is 0 Å². The van der Waals surface area contributed by atoms with Crippen molar-refractivity contribution < 1.29 is 4.79 Å². The molecule has 0 bridgehead atoms. The fourth-order valence-corrected chi connectivity index (χ4v) is 3.20. The van der Waals surface area contributed by atoms with Crippen LogP contribution in [0.3, 0.4) is 0 Å². The van der Waals surface area contributed by atoms with Crippen LogP contribution in [0.15, 0.2) is 24.3 Å². The van der Waals surface area contributed by atoms with Crippen LogP contribution >= 0.6 is 0 Å². The smallest absolute Gasteiger partial charge is 0.237 e. The number of nitrogens with zero attached hydrogens (tertiary/aromatic N) is 2. The zero-order valence-corrected chi connectivity index (χ0v) is 16.0. The second kappa shape index (κ2) is 9.78. The van der Waals surface area contributed by atoms with Crippen molar-refractivity contribution in [3.63, 3.8) is 0 Å². The summed E-state index contributed by atoms with van der Waals surface area (Å²) in [5.74, 6) is 0.216. The first-order valence-electron chi connectivity index (χ1n) is 9.58. The summed E-state index contributed by atoms with van der Waals surface area (Å²) in [4.78, 5) is 16.9. The number of hydrogen-bond acceptors (Lipinski definition) is 4. The summed E-state index contributed by atoms with van der Waals surface area (Å²) in [6, 6.07) is 8.33. The van der Waals surface area contributed by atoms with Gasteiger partial charge in [-0.15, -0.1) is 0 Å². The molecule has 1 aromatic rings. The van der Waals surface area contributed by atoms with E-state index in [1.165, 1.54) is 11.3 Å². The van der Waals surface area contributed by atoms with Crippen LogP contribution in [0.2, 0.25) is 0 Å². The Balaban J connectivity index is 1.63. The Morgan fingerprint density at radius 1 is 1.28 bits per heavy atom. The number of nitrogens with one attached hydrogen (secondary N) is 1. The number of anilines is 1. The van der Waals surface area contributed by atoms with Gasteiger partial charge < -0.3 is 16.0 Å². The summed E-state index contributed by atoms with van der Waals surface area (Å²) in [6.45, 7) is 12.3. The Labute approximate surface area is 152 Å². The van der Waals surface area contributed by atoms with Gasteiger partial charge in [-0.2, -0.15) is 0 Å². The molecule has 2 rings (SSSR count). The number of carbonyl (C=O) groups is 1. The van der Waals surface area contributed by atoms with E-state index in [0.29, 0.717) is 6.54 Å². The molecule has 140 valence electrons. The van der Waals surface area contributed by atoms with Crippen molar-refractivity contribution >= 4 is 11.6 Å². The molecule has 2 unspecified atom stereocenters. The average Bonchev–Trinajstić information content (AvgIpc) is 2.64. The first kappa shape index (κ1) is 19.7. The molecule has 0 aromatic heterocycles. The normalized spacial score (nSPS) is 18.0. The van der Waals surface area contributed by atoms with Crippen LogP contribution in [0.1, 0.15) is 32.3 Å². The molecule has 25 heavy (non-hydrogen) atoms. The molecule has 1 aromatic carbocycles. The first-order valence-corrected chi connectivity index (χ1v) is 9.58. The van der Waals surface area contributed by atoms with Crippen molar-refractivity contribution in [2.24, 2.45) is 11.7 Å². The lowest BCUT2D eigenvalue weighted by Gasteiger charge is -2.36. The van der Waals surface area contributed by atoms with Crippen molar-refractivity contribution in [3.8, 4) is 0 Å². The van der Waals surface area contributed by atoms with Crippen LogP contribution in [0.4, 0.5) is 5.69 Å². The predicted molar refractivity (Wildman–Crippen MR) is 105 cm³/mol. The zero-order chi connectivity index (χ0) is 18.2. The molecule has 1 saturated heterocycles. The minimum Gasteiger partial charge on any atom is -0.369 e. The number of carbonyl (C=O) groups excluding carboxylic acids is 1. The number of nitrogens with two attached hydrogens (primary N) is 1. The lowest BCUT2D eigenvalue weighted by atomic mass is 9.99. The zero-order valence-electron chi connectivity index (χ0n) is 16.0. The van der Waals surface area contributed by atoms with Crippen molar-refractivity contribution in [2.45, 2.75) is 39.7 Å². The minimum atomic E-state index is -0.386. The van der Waals surface area contributed by atoms with Gasteiger partial charge in [-0.05, 0) is 43.5 Å². The molecule has 2 atom stereocenters. The van der Waals surface area contributed by atoms with Gasteiger partial charge in [0.2, 0.25) is 5.91 Å². The van der Waals surface area contributed by atoms with Gasteiger partial charge in [0.05, 0.1) is 6.04 Å². The quantitative estimate of drug-likeness (QED) is 0.707. The Morgan fingerprint density at radius 2 is 2.00 bits per heavy atom. The van der Waals surface area contributed by atoms with Gasteiger partial charge in [-0.1, -0.05) is 32.4 Å².